The van der Waals surface area contributed by atoms with Crippen LogP contribution < -0.4 is 4.90 Å². The van der Waals surface area contributed by atoms with Gasteiger partial charge in [-0.05, 0) is 106 Å². The second-order valence-electron chi connectivity index (χ2n) is 14.2. The summed E-state index contributed by atoms with van der Waals surface area (Å²) in [7, 11) is 0. The second kappa shape index (κ2) is 12.9. The summed E-state index contributed by atoms with van der Waals surface area (Å²) in [4.78, 5) is 2.40. The van der Waals surface area contributed by atoms with Crippen molar-refractivity contribution in [2.45, 2.75) is 0 Å². The van der Waals surface area contributed by atoms with Crippen molar-refractivity contribution in [1.29, 1.82) is 0 Å². The highest BCUT2D eigenvalue weighted by atomic mass is 32.1. The first-order valence-corrected chi connectivity index (χ1v) is 19.6. The molecule has 0 saturated heterocycles. The number of hydrogen-bond acceptors (Lipinski definition) is 2. The van der Waals surface area contributed by atoms with Crippen molar-refractivity contribution in [3.05, 3.63) is 206 Å². The predicted molar refractivity (Wildman–Crippen MR) is 237 cm³/mol. The van der Waals surface area contributed by atoms with E-state index >= 15 is 0 Å². The molecule has 55 heavy (non-hydrogen) atoms. The molecule has 0 spiro atoms. The Bertz CT molecular complexity index is 3190. The van der Waals surface area contributed by atoms with Crippen LogP contribution in [0.25, 0.3) is 80.7 Å². The second-order valence-corrected chi connectivity index (χ2v) is 15.2. The molecular formula is C52H34N2S. The standard InChI is InChI=1S/C52H34N2S/c1-3-13-35(14-4-1)37-15-11-19-41(31-37)53(42-29-30-45-44-20-7-9-23-49(44)54(50(45)33-42)39-17-5-2-6-18-39)40-27-25-36(26-28-40)43-22-12-16-38-32-48-46-21-8-10-24-51(46)55-52(48)34-47(38)43/h1-34H. The van der Waals surface area contributed by atoms with Crippen molar-refractivity contribution in [1.82, 2.24) is 4.57 Å². The van der Waals surface area contributed by atoms with Crippen molar-refractivity contribution >= 4 is 81.1 Å². The first-order chi connectivity index (χ1) is 27.3. The lowest BCUT2D eigenvalue weighted by Crippen LogP contribution is -2.10. The van der Waals surface area contributed by atoms with Gasteiger partial charge in [0.15, 0.2) is 0 Å². The number of thiophene rings is 1. The van der Waals surface area contributed by atoms with Gasteiger partial charge in [0.25, 0.3) is 0 Å². The Balaban J connectivity index is 1.08. The predicted octanol–water partition coefficient (Wildman–Crippen LogP) is 15.1. The summed E-state index contributed by atoms with van der Waals surface area (Å²) < 4.78 is 5.05. The van der Waals surface area contributed by atoms with Gasteiger partial charge < -0.3 is 9.47 Å². The van der Waals surface area contributed by atoms with Crippen LogP contribution >= 0.6 is 11.3 Å². The lowest BCUT2D eigenvalue weighted by molar-refractivity contribution is 1.18. The molecule has 2 heterocycles. The van der Waals surface area contributed by atoms with Crippen molar-refractivity contribution < 1.29 is 0 Å². The molecule has 258 valence electrons. The van der Waals surface area contributed by atoms with E-state index in [-0.39, 0.29) is 0 Å². The molecule has 0 bridgehead atoms. The SMILES string of the molecule is c1ccc(-c2cccc(N(c3ccc(-c4cccc5cc6c(cc45)sc4ccccc46)cc3)c3ccc4c5ccccc5n(-c5ccccc5)c4c3)c2)cc1. The van der Waals surface area contributed by atoms with E-state index in [1.54, 1.807) is 0 Å². The summed E-state index contributed by atoms with van der Waals surface area (Å²) in [6, 6.07) is 75.2. The number of para-hydroxylation sites is 2. The van der Waals surface area contributed by atoms with Crippen LogP contribution in [0.15, 0.2) is 206 Å². The Labute approximate surface area is 323 Å². The van der Waals surface area contributed by atoms with E-state index in [0.29, 0.717) is 0 Å². The average Bonchev–Trinajstić information content (AvgIpc) is 3.78. The lowest BCUT2D eigenvalue weighted by atomic mass is 9.96. The fraction of sp³-hybridized carbons (Fsp3) is 0. The molecule has 0 atom stereocenters. The highest BCUT2D eigenvalue weighted by Gasteiger charge is 2.19. The molecule has 0 radical (unpaired) electrons. The van der Waals surface area contributed by atoms with E-state index < -0.39 is 0 Å². The zero-order valence-corrected chi connectivity index (χ0v) is 30.7. The molecule has 3 heteroatoms. The Morgan fingerprint density at radius 3 is 1.87 bits per heavy atom. The molecule has 2 nitrogen and oxygen atoms in total. The molecule has 0 aliphatic rings. The van der Waals surface area contributed by atoms with Gasteiger partial charge in [0.2, 0.25) is 0 Å². The van der Waals surface area contributed by atoms with Gasteiger partial charge in [-0.3, -0.25) is 0 Å². The maximum atomic E-state index is 2.40. The number of nitrogens with zero attached hydrogens (tertiary/aromatic N) is 2. The highest BCUT2D eigenvalue weighted by molar-refractivity contribution is 7.25. The van der Waals surface area contributed by atoms with E-state index in [9.17, 15) is 0 Å². The first kappa shape index (κ1) is 31.6. The van der Waals surface area contributed by atoms with Crippen molar-refractivity contribution in [3.63, 3.8) is 0 Å². The third-order valence-corrected chi connectivity index (χ3v) is 12.1. The number of benzene rings is 9. The van der Waals surface area contributed by atoms with Crippen LogP contribution in [0.5, 0.6) is 0 Å². The number of rotatable bonds is 6. The molecule has 0 aliphatic heterocycles. The Morgan fingerprint density at radius 2 is 1.02 bits per heavy atom. The number of aromatic nitrogens is 1. The van der Waals surface area contributed by atoms with E-state index in [4.69, 9.17) is 0 Å². The first-order valence-electron chi connectivity index (χ1n) is 18.8. The van der Waals surface area contributed by atoms with E-state index in [0.717, 1.165) is 22.7 Å². The maximum Gasteiger partial charge on any atom is 0.0561 e. The van der Waals surface area contributed by atoms with E-state index in [1.807, 2.05) is 11.3 Å². The number of hydrogen-bond donors (Lipinski definition) is 0. The van der Waals surface area contributed by atoms with Gasteiger partial charge in [0.1, 0.15) is 0 Å². The Morgan fingerprint density at radius 1 is 0.345 bits per heavy atom. The fourth-order valence-corrected chi connectivity index (χ4v) is 9.52. The summed E-state index contributed by atoms with van der Waals surface area (Å²) >= 11 is 1.87. The highest BCUT2D eigenvalue weighted by Crippen LogP contribution is 2.43. The van der Waals surface area contributed by atoms with Crippen molar-refractivity contribution in [3.8, 4) is 27.9 Å². The van der Waals surface area contributed by atoms with Crippen LogP contribution in [-0.4, -0.2) is 4.57 Å². The minimum Gasteiger partial charge on any atom is -0.310 e. The normalized spacial score (nSPS) is 11.6. The van der Waals surface area contributed by atoms with Gasteiger partial charge in [-0.25, -0.2) is 0 Å². The third kappa shape index (κ3) is 5.32. The monoisotopic (exact) mass is 718 g/mol. The summed E-state index contributed by atoms with van der Waals surface area (Å²) in [5.74, 6) is 0. The van der Waals surface area contributed by atoms with Crippen molar-refractivity contribution in [2.75, 3.05) is 4.90 Å². The van der Waals surface area contributed by atoms with Gasteiger partial charge in [-0.2, -0.15) is 0 Å². The van der Waals surface area contributed by atoms with Crippen molar-refractivity contribution in [2.24, 2.45) is 0 Å². The Hall–Kier alpha value is -6.94. The molecule has 0 fully saturated rings. The molecule has 0 aliphatic carbocycles. The summed E-state index contributed by atoms with van der Waals surface area (Å²) in [6.45, 7) is 0. The molecule has 11 aromatic rings. The minimum absolute atomic E-state index is 1.10. The van der Waals surface area contributed by atoms with E-state index in [2.05, 4.69) is 216 Å². The third-order valence-electron chi connectivity index (χ3n) is 11.0. The zero-order chi connectivity index (χ0) is 36.3. The number of anilines is 3. The van der Waals surface area contributed by atoms with Gasteiger partial charge in [0, 0.05) is 53.7 Å². The van der Waals surface area contributed by atoms with Crippen LogP contribution in [0.1, 0.15) is 0 Å². The average molecular weight is 719 g/mol. The molecule has 0 N–H and O–H groups in total. The topological polar surface area (TPSA) is 8.17 Å². The lowest BCUT2D eigenvalue weighted by Gasteiger charge is -2.26. The molecule has 0 amide bonds. The van der Waals surface area contributed by atoms with Crippen LogP contribution in [0.4, 0.5) is 17.1 Å². The van der Waals surface area contributed by atoms with Crippen LogP contribution in [0.2, 0.25) is 0 Å². The van der Waals surface area contributed by atoms with E-state index in [1.165, 1.54) is 75.0 Å². The summed E-state index contributed by atoms with van der Waals surface area (Å²) in [5, 5.41) is 7.69. The largest absolute Gasteiger partial charge is 0.310 e. The summed E-state index contributed by atoms with van der Waals surface area (Å²) in [6.07, 6.45) is 0. The fourth-order valence-electron chi connectivity index (χ4n) is 8.39. The molecular weight excluding hydrogens is 685 g/mol. The van der Waals surface area contributed by atoms with Crippen LogP contribution in [0.3, 0.4) is 0 Å². The smallest absolute Gasteiger partial charge is 0.0561 e. The molecule has 9 aromatic carbocycles. The molecule has 11 rings (SSSR count). The maximum absolute atomic E-state index is 2.40. The van der Waals surface area contributed by atoms with Gasteiger partial charge in [-0.15, -0.1) is 11.3 Å². The number of fused-ring (bicyclic) bond motifs is 7. The summed E-state index contributed by atoms with van der Waals surface area (Å²) in [5.41, 5.74) is 11.7. The minimum atomic E-state index is 1.10. The quantitative estimate of drug-likeness (QED) is 0.166. The van der Waals surface area contributed by atoms with Crippen LogP contribution in [0, 0.1) is 0 Å². The molecule has 2 aromatic heterocycles. The molecule has 0 unspecified atom stereocenters. The van der Waals surface area contributed by atoms with Gasteiger partial charge >= 0.3 is 0 Å². The Kier molecular flexibility index (Phi) is 7.39. The van der Waals surface area contributed by atoms with Gasteiger partial charge in [0.05, 0.1) is 11.0 Å². The van der Waals surface area contributed by atoms with Gasteiger partial charge in [-0.1, -0.05) is 133 Å². The molecule has 0 saturated carbocycles. The zero-order valence-electron chi connectivity index (χ0n) is 29.9. The van der Waals surface area contributed by atoms with Crippen LogP contribution in [-0.2, 0) is 0 Å².